The highest BCUT2D eigenvalue weighted by atomic mass is 35.5. The molecule has 0 aromatic heterocycles. The van der Waals surface area contributed by atoms with Crippen LogP contribution in [0.15, 0.2) is 18.2 Å². The first kappa shape index (κ1) is 18.2. The van der Waals surface area contributed by atoms with Crippen molar-refractivity contribution in [3.05, 3.63) is 35.1 Å². The molecule has 0 aliphatic carbocycles. The maximum absolute atomic E-state index is 14.2. The molecule has 1 atom stereocenters. The number of nitrogens with one attached hydrogen (secondary N) is 1. The van der Waals surface area contributed by atoms with E-state index in [4.69, 9.17) is 5.11 Å². The fourth-order valence-corrected chi connectivity index (χ4v) is 2.62. The standard InChI is InChI=1S/C14H19F3N2O.ClH/c1-10-2-3-11(15)8-12(10)13(14(16,17)9-20)19-6-4-18-5-7-19;/h2-3,8,13,18,20H,4-7,9H2,1H3;1H/t13-;/m1./s1. The van der Waals surface area contributed by atoms with Gasteiger partial charge in [-0.3, -0.25) is 4.90 Å². The van der Waals surface area contributed by atoms with Crippen LogP contribution >= 0.6 is 12.4 Å². The predicted octanol–water partition coefficient (Wildman–Crippen LogP) is 2.13. The molecule has 7 heteroatoms. The number of aliphatic hydroxyl groups is 1. The van der Waals surface area contributed by atoms with E-state index >= 15 is 0 Å². The molecular weight excluding hydrogens is 305 g/mol. The van der Waals surface area contributed by atoms with Gasteiger partial charge in [0.25, 0.3) is 5.92 Å². The molecule has 0 radical (unpaired) electrons. The van der Waals surface area contributed by atoms with Gasteiger partial charge in [-0.05, 0) is 30.2 Å². The molecule has 0 spiro atoms. The Hall–Kier alpha value is -0.820. The number of alkyl halides is 2. The Balaban J connectivity index is 0.00000220. The highest BCUT2D eigenvalue weighted by Gasteiger charge is 2.44. The van der Waals surface area contributed by atoms with Gasteiger partial charge in [-0.1, -0.05) is 6.07 Å². The van der Waals surface area contributed by atoms with Crippen LogP contribution in [-0.2, 0) is 0 Å². The van der Waals surface area contributed by atoms with Crippen molar-refractivity contribution in [3.63, 3.8) is 0 Å². The number of aryl methyl sites for hydroxylation is 1. The first-order chi connectivity index (χ1) is 9.45. The second kappa shape index (κ2) is 7.45. The van der Waals surface area contributed by atoms with Crippen molar-refractivity contribution in [3.8, 4) is 0 Å². The van der Waals surface area contributed by atoms with Crippen LogP contribution < -0.4 is 5.32 Å². The molecule has 0 saturated carbocycles. The summed E-state index contributed by atoms with van der Waals surface area (Å²) in [6.07, 6.45) is 0. The van der Waals surface area contributed by atoms with E-state index in [-0.39, 0.29) is 18.0 Å². The third-order valence-corrected chi connectivity index (χ3v) is 3.66. The average Bonchev–Trinajstić information content (AvgIpc) is 2.44. The number of piperazine rings is 1. The van der Waals surface area contributed by atoms with Gasteiger partial charge in [-0.15, -0.1) is 12.4 Å². The number of rotatable bonds is 4. The van der Waals surface area contributed by atoms with Gasteiger partial charge in [-0.2, -0.15) is 0 Å². The van der Waals surface area contributed by atoms with Crippen LogP contribution in [0.1, 0.15) is 17.2 Å². The minimum absolute atomic E-state index is 0. The van der Waals surface area contributed by atoms with Gasteiger partial charge in [-0.25, -0.2) is 13.2 Å². The van der Waals surface area contributed by atoms with E-state index in [1.807, 2.05) is 0 Å². The van der Waals surface area contributed by atoms with Crippen LogP contribution in [0.4, 0.5) is 13.2 Å². The van der Waals surface area contributed by atoms with Crippen molar-refractivity contribution in [2.45, 2.75) is 18.9 Å². The van der Waals surface area contributed by atoms with Crippen LogP contribution in [0.3, 0.4) is 0 Å². The molecule has 1 aromatic carbocycles. The molecule has 1 heterocycles. The van der Waals surface area contributed by atoms with Gasteiger partial charge in [0.15, 0.2) is 0 Å². The van der Waals surface area contributed by atoms with E-state index in [1.54, 1.807) is 11.8 Å². The molecule has 1 aliphatic rings. The zero-order valence-electron chi connectivity index (χ0n) is 11.8. The SMILES string of the molecule is Cc1ccc(F)cc1[C@@H](N1CCNCC1)C(F)(F)CO.Cl. The van der Waals surface area contributed by atoms with Crippen LogP contribution in [0.2, 0.25) is 0 Å². The van der Waals surface area contributed by atoms with Gasteiger partial charge in [0, 0.05) is 26.2 Å². The number of hydrogen-bond donors (Lipinski definition) is 2. The maximum atomic E-state index is 14.2. The Bertz CT molecular complexity index is 468. The molecule has 120 valence electrons. The van der Waals surface area contributed by atoms with Gasteiger partial charge in [0.2, 0.25) is 0 Å². The van der Waals surface area contributed by atoms with Crippen LogP contribution in [0.5, 0.6) is 0 Å². The maximum Gasteiger partial charge on any atom is 0.289 e. The number of aliphatic hydroxyl groups excluding tert-OH is 1. The van der Waals surface area contributed by atoms with E-state index in [1.165, 1.54) is 12.1 Å². The lowest BCUT2D eigenvalue weighted by molar-refractivity contribution is -0.118. The van der Waals surface area contributed by atoms with Crippen molar-refractivity contribution in [2.24, 2.45) is 0 Å². The molecule has 1 fully saturated rings. The number of hydrogen-bond acceptors (Lipinski definition) is 3. The molecule has 0 bridgehead atoms. The molecular formula is C14H20ClF3N2O. The van der Waals surface area contributed by atoms with Crippen molar-refractivity contribution < 1.29 is 18.3 Å². The lowest BCUT2D eigenvalue weighted by atomic mass is 9.94. The van der Waals surface area contributed by atoms with E-state index in [0.717, 1.165) is 6.07 Å². The molecule has 2 rings (SSSR count). The summed E-state index contributed by atoms with van der Waals surface area (Å²) < 4.78 is 41.8. The van der Waals surface area contributed by atoms with Crippen LogP contribution in [0.25, 0.3) is 0 Å². The van der Waals surface area contributed by atoms with Crippen molar-refractivity contribution >= 4 is 12.4 Å². The Labute approximate surface area is 128 Å². The Morgan fingerprint density at radius 2 is 1.95 bits per heavy atom. The number of nitrogens with zero attached hydrogens (tertiary/aromatic N) is 1. The summed E-state index contributed by atoms with van der Waals surface area (Å²) in [6, 6.07) is 2.59. The zero-order valence-corrected chi connectivity index (χ0v) is 12.6. The molecule has 2 N–H and O–H groups in total. The highest BCUT2D eigenvalue weighted by Crippen LogP contribution is 2.38. The van der Waals surface area contributed by atoms with Gasteiger partial charge < -0.3 is 10.4 Å². The predicted molar refractivity (Wildman–Crippen MR) is 77.6 cm³/mol. The number of benzene rings is 1. The second-order valence-corrected chi connectivity index (χ2v) is 5.11. The molecule has 1 aromatic rings. The molecule has 3 nitrogen and oxygen atoms in total. The third kappa shape index (κ3) is 4.10. The zero-order chi connectivity index (χ0) is 14.8. The van der Waals surface area contributed by atoms with E-state index in [9.17, 15) is 13.2 Å². The molecule has 1 saturated heterocycles. The van der Waals surface area contributed by atoms with Crippen LogP contribution in [-0.4, -0.2) is 48.7 Å². The lowest BCUT2D eigenvalue weighted by Gasteiger charge is -2.39. The third-order valence-electron chi connectivity index (χ3n) is 3.66. The van der Waals surface area contributed by atoms with E-state index in [0.29, 0.717) is 31.7 Å². The van der Waals surface area contributed by atoms with Crippen molar-refractivity contribution in [1.29, 1.82) is 0 Å². The molecule has 0 amide bonds. The normalized spacial score (nSPS) is 18.1. The van der Waals surface area contributed by atoms with Crippen LogP contribution in [0, 0.1) is 12.7 Å². The van der Waals surface area contributed by atoms with Gasteiger partial charge in [0.1, 0.15) is 18.5 Å². The summed E-state index contributed by atoms with van der Waals surface area (Å²) in [5.41, 5.74) is 0.842. The summed E-state index contributed by atoms with van der Waals surface area (Å²) in [7, 11) is 0. The minimum Gasteiger partial charge on any atom is -0.390 e. The topological polar surface area (TPSA) is 35.5 Å². The van der Waals surface area contributed by atoms with Gasteiger partial charge in [0.05, 0.1) is 0 Å². The van der Waals surface area contributed by atoms with Gasteiger partial charge >= 0.3 is 0 Å². The Morgan fingerprint density at radius 3 is 2.52 bits per heavy atom. The highest BCUT2D eigenvalue weighted by molar-refractivity contribution is 5.85. The Kier molecular flexibility index (Phi) is 6.46. The molecule has 21 heavy (non-hydrogen) atoms. The summed E-state index contributed by atoms with van der Waals surface area (Å²) in [5.74, 6) is -3.85. The smallest absolute Gasteiger partial charge is 0.289 e. The average molecular weight is 325 g/mol. The minimum atomic E-state index is -3.31. The summed E-state index contributed by atoms with van der Waals surface area (Å²) in [4.78, 5) is 1.61. The first-order valence-corrected chi connectivity index (χ1v) is 6.65. The Morgan fingerprint density at radius 1 is 1.33 bits per heavy atom. The largest absolute Gasteiger partial charge is 0.390 e. The second-order valence-electron chi connectivity index (χ2n) is 5.11. The monoisotopic (exact) mass is 324 g/mol. The fourth-order valence-electron chi connectivity index (χ4n) is 2.62. The van der Waals surface area contributed by atoms with Crippen molar-refractivity contribution in [1.82, 2.24) is 10.2 Å². The first-order valence-electron chi connectivity index (χ1n) is 6.65. The quantitative estimate of drug-likeness (QED) is 0.890. The molecule has 1 aliphatic heterocycles. The summed E-state index contributed by atoms with van der Waals surface area (Å²) in [6.45, 7) is 2.51. The van der Waals surface area contributed by atoms with E-state index < -0.39 is 24.4 Å². The number of halogens is 4. The van der Waals surface area contributed by atoms with Crippen molar-refractivity contribution in [2.75, 3.05) is 32.8 Å². The molecule has 0 unspecified atom stereocenters. The lowest BCUT2D eigenvalue weighted by Crippen LogP contribution is -2.51. The van der Waals surface area contributed by atoms with E-state index in [2.05, 4.69) is 5.32 Å². The summed E-state index contributed by atoms with van der Waals surface area (Å²) in [5, 5.41) is 12.1. The fraction of sp³-hybridized carbons (Fsp3) is 0.571. The summed E-state index contributed by atoms with van der Waals surface area (Å²) >= 11 is 0.